The van der Waals surface area contributed by atoms with Crippen LogP contribution in [0.15, 0.2) is 53.7 Å². The fourth-order valence-corrected chi connectivity index (χ4v) is 3.22. The number of anilines is 4. The highest BCUT2D eigenvalue weighted by Gasteiger charge is 2.32. The molecule has 32 heavy (non-hydrogen) atoms. The lowest BCUT2D eigenvalue weighted by atomic mass is 10.3. The number of aromatic nitrogens is 2. The van der Waals surface area contributed by atoms with Crippen LogP contribution >= 0.6 is 0 Å². The van der Waals surface area contributed by atoms with E-state index in [1.807, 2.05) is 4.72 Å². The highest BCUT2D eigenvalue weighted by molar-refractivity contribution is 7.89. The van der Waals surface area contributed by atoms with E-state index in [4.69, 9.17) is 0 Å². The molecule has 0 amide bonds. The first kappa shape index (κ1) is 23.1. The summed E-state index contributed by atoms with van der Waals surface area (Å²) in [6.07, 6.45) is -3.99. The molecule has 0 bridgehead atoms. The molecule has 0 aliphatic rings. The van der Waals surface area contributed by atoms with Gasteiger partial charge in [-0.3, -0.25) is 0 Å². The predicted molar refractivity (Wildman–Crippen MR) is 104 cm³/mol. The van der Waals surface area contributed by atoms with Gasteiger partial charge in [-0.2, -0.15) is 0 Å². The van der Waals surface area contributed by atoms with Crippen LogP contribution in [0.4, 0.5) is 45.0 Å². The highest BCUT2D eigenvalue weighted by Crippen LogP contribution is 2.34. The van der Waals surface area contributed by atoms with E-state index in [1.54, 1.807) is 0 Å². The van der Waals surface area contributed by atoms with E-state index in [0.717, 1.165) is 43.7 Å². The zero-order valence-corrected chi connectivity index (χ0v) is 16.9. The van der Waals surface area contributed by atoms with Gasteiger partial charge in [-0.25, -0.2) is 31.9 Å². The van der Waals surface area contributed by atoms with Crippen LogP contribution in [-0.2, 0) is 10.0 Å². The van der Waals surface area contributed by atoms with Gasteiger partial charge in [0.25, 0.3) is 0 Å². The van der Waals surface area contributed by atoms with Crippen molar-refractivity contribution in [1.29, 1.82) is 0 Å². The normalized spacial score (nSPS) is 11.8. The Kier molecular flexibility index (Phi) is 6.45. The number of halogens is 5. The van der Waals surface area contributed by atoms with Crippen LogP contribution in [0, 0.1) is 11.6 Å². The summed E-state index contributed by atoms with van der Waals surface area (Å²) in [5.74, 6) is -2.81. The van der Waals surface area contributed by atoms with E-state index < -0.39 is 33.8 Å². The van der Waals surface area contributed by atoms with Crippen LogP contribution in [0.1, 0.15) is 0 Å². The van der Waals surface area contributed by atoms with E-state index in [-0.39, 0.29) is 27.9 Å². The third-order valence-corrected chi connectivity index (χ3v) is 5.29. The lowest BCUT2D eigenvalue weighted by Crippen LogP contribution is -2.20. The smallest absolute Gasteiger partial charge is 0.404 e. The second-order valence-corrected chi connectivity index (χ2v) is 7.97. The van der Waals surface area contributed by atoms with Gasteiger partial charge >= 0.3 is 6.36 Å². The molecule has 3 rings (SSSR count). The monoisotopic (exact) mass is 475 g/mol. The minimum Gasteiger partial charge on any atom is -0.404 e. The summed E-state index contributed by atoms with van der Waals surface area (Å²) in [4.78, 5) is 7.42. The molecule has 0 saturated carbocycles. The number of rotatable bonds is 7. The van der Waals surface area contributed by atoms with Gasteiger partial charge in [-0.1, -0.05) is 0 Å². The van der Waals surface area contributed by atoms with Crippen molar-refractivity contribution in [3.05, 3.63) is 60.4 Å². The Hall–Kier alpha value is -3.52. The van der Waals surface area contributed by atoms with Crippen LogP contribution < -0.4 is 20.1 Å². The number of alkyl halides is 3. The number of hydrogen-bond acceptors (Lipinski definition) is 7. The molecule has 0 unspecified atom stereocenters. The van der Waals surface area contributed by atoms with Gasteiger partial charge < -0.3 is 15.4 Å². The first-order chi connectivity index (χ1) is 15.0. The number of ether oxygens (including phenoxy) is 1. The molecule has 0 aliphatic heterocycles. The number of benzene rings is 2. The molecule has 8 nitrogen and oxygen atoms in total. The fraction of sp³-hybridized carbons (Fsp3) is 0.111. The molecule has 0 spiro atoms. The maximum absolute atomic E-state index is 13.4. The molecule has 14 heteroatoms. The number of nitrogens with one attached hydrogen (secondary N) is 3. The summed E-state index contributed by atoms with van der Waals surface area (Å²) in [5, 5.41) is 5.22. The van der Waals surface area contributed by atoms with E-state index in [1.165, 1.54) is 12.1 Å². The van der Waals surface area contributed by atoms with Gasteiger partial charge in [-0.05, 0) is 37.4 Å². The Bertz CT molecular complexity index is 1240. The van der Waals surface area contributed by atoms with Gasteiger partial charge in [0.05, 0.1) is 10.6 Å². The Labute approximate surface area is 178 Å². The number of sulfonamides is 1. The van der Waals surface area contributed by atoms with E-state index in [9.17, 15) is 30.4 Å². The van der Waals surface area contributed by atoms with Crippen molar-refractivity contribution in [2.45, 2.75) is 11.3 Å². The summed E-state index contributed by atoms with van der Waals surface area (Å²) >= 11 is 0. The van der Waals surface area contributed by atoms with Crippen molar-refractivity contribution in [3.8, 4) is 5.75 Å². The van der Waals surface area contributed by atoms with Crippen molar-refractivity contribution >= 4 is 33.0 Å². The average Bonchev–Trinajstić information content (AvgIpc) is 2.71. The van der Waals surface area contributed by atoms with Crippen LogP contribution in [0.3, 0.4) is 0 Å². The molecule has 3 aromatic rings. The second kappa shape index (κ2) is 8.92. The Morgan fingerprint density at radius 2 is 1.59 bits per heavy atom. The second-order valence-electron chi connectivity index (χ2n) is 6.08. The topological polar surface area (TPSA) is 105 Å². The minimum atomic E-state index is -5.04. The molecule has 0 aliphatic carbocycles. The highest BCUT2D eigenvalue weighted by atomic mass is 32.2. The van der Waals surface area contributed by atoms with E-state index in [0.29, 0.717) is 0 Å². The third-order valence-electron chi connectivity index (χ3n) is 3.88. The van der Waals surface area contributed by atoms with E-state index >= 15 is 0 Å². The van der Waals surface area contributed by atoms with Crippen molar-refractivity contribution in [2.24, 2.45) is 0 Å². The first-order valence-corrected chi connectivity index (χ1v) is 10.1. The minimum absolute atomic E-state index is 0.0453. The molecule has 0 saturated heterocycles. The molecule has 0 fully saturated rings. The standard InChI is InChI=1S/C18H14F5N5O3S/c1-24-32(29,30)11-3-5-15(31-18(21,22)23)14(7-11)28-17-8-16(25-9-26-17)27-10-2-4-12(19)13(20)6-10/h2-9,24H,1H3,(H2,25,26,27,28). The van der Waals surface area contributed by atoms with Crippen LogP contribution in [0.25, 0.3) is 0 Å². The van der Waals surface area contributed by atoms with E-state index in [2.05, 4.69) is 25.3 Å². The Morgan fingerprint density at radius 1 is 0.906 bits per heavy atom. The van der Waals surface area contributed by atoms with Gasteiger partial charge in [0.2, 0.25) is 10.0 Å². The molecule has 0 atom stereocenters. The molecular formula is C18H14F5N5O3S. The molecule has 1 heterocycles. The maximum Gasteiger partial charge on any atom is 0.573 e. The molecular weight excluding hydrogens is 461 g/mol. The van der Waals surface area contributed by atoms with Crippen molar-refractivity contribution in [3.63, 3.8) is 0 Å². The molecule has 170 valence electrons. The zero-order chi connectivity index (χ0) is 23.5. The van der Waals surface area contributed by atoms with Gasteiger partial charge in [0, 0.05) is 17.8 Å². The number of hydrogen-bond donors (Lipinski definition) is 3. The molecule has 3 N–H and O–H groups in total. The fourth-order valence-electron chi connectivity index (χ4n) is 2.46. The number of nitrogens with zero attached hydrogens (tertiary/aromatic N) is 2. The quantitative estimate of drug-likeness (QED) is 0.443. The van der Waals surface area contributed by atoms with Crippen molar-refractivity contribution in [1.82, 2.24) is 14.7 Å². The molecule has 2 aromatic carbocycles. The predicted octanol–water partition coefficient (Wildman–Crippen LogP) is 4.05. The maximum atomic E-state index is 13.4. The van der Waals surface area contributed by atoms with Crippen LogP contribution in [0.5, 0.6) is 5.75 Å². The summed E-state index contributed by atoms with van der Waals surface area (Å²) in [6.45, 7) is 0. The van der Waals surface area contributed by atoms with Crippen LogP contribution in [-0.4, -0.2) is 31.8 Å². The molecule has 1 aromatic heterocycles. The summed E-state index contributed by atoms with van der Waals surface area (Å²) in [5.41, 5.74) is -0.201. The van der Waals surface area contributed by atoms with Gasteiger partial charge in [0.1, 0.15) is 18.0 Å². The first-order valence-electron chi connectivity index (χ1n) is 8.61. The Morgan fingerprint density at radius 3 is 2.22 bits per heavy atom. The zero-order valence-electron chi connectivity index (χ0n) is 16.0. The van der Waals surface area contributed by atoms with Crippen molar-refractivity contribution < 1.29 is 35.1 Å². The summed E-state index contributed by atoms with van der Waals surface area (Å²) in [6, 6.07) is 6.97. The van der Waals surface area contributed by atoms with Gasteiger partial charge in [0.15, 0.2) is 17.4 Å². The largest absolute Gasteiger partial charge is 0.573 e. The SMILES string of the molecule is CNS(=O)(=O)c1ccc(OC(F)(F)F)c(Nc2cc(Nc3ccc(F)c(F)c3)ncn2)c1. The summed E-state index contributed by atoms with van der Waals surface area (Å²) in [7, 11) is -2.83. The van der Waals surface area contributed by atoms with Crippen molar-refractivity contribution in [2.75, 3.05) is 17.7 Å². The lowest BCUT2D eigenvalue weighted by Gasteiger charge is -2.16. The Balaban J connectivity index is 1.93. The molecule has 0 radical (unpaired) electrons. The average molecular weight is 475 g/mol. The lowest BCUT2D eigenvalue weighted by molar-refractivity contribution is -0.274. The third kappa shape index (κ3) is 5.79. The summed E-state index contributed by atoms with van der Waals surface area (Å²) < 4.78 is 94.7. The van der Waals surface area contributed by atoms with Crippen LogP contribution in [0.2, 0.25) is 0 Å². The van der Waals surface area contributed by atoms with Gasteiger partial charge in [-0.15, -0.1) is 13.2 Å².